The second-order valence-corrected chi connectivity index (χ2v) is 4.23. The summed E-state index contributed by atoms with van der Waals surface area (Å²) < 4.78 is 0. The molecule has 0 radical (unpaired) electrons. The maximum atomic E-state index is 11.1. The molecule has 17 heavy (non-hydrogen) atoms. The van der Waals surface area contributed by atoms with Crippen LogP contribution in [0.15, 0.2) is 12.3 Å². The van der Waals surface area contributed by atoms with Gasteiger partial charge in [-0.25, -0.2) is 4.98 Å². The van der Waals surface area contributed by atoms with Gasteiger partial charge in [-0.05, 0) is 25.8 Å². The first-order chi connectivity index (χ1) is 8.15. The van der Waals surface area contributed by atoms with Crippen molar-refractivity contribution in [3.63, 3.8) is 0 Å². The van der Waals surface area contributed by atoms with Gasteiger partial charge in [0, 0.05) is 18.3 Å². The lowest BCUT2D eigenvalue weighted by Gasteiger charge is -2.23. The molecule has 2 heterocycles. The van der Waals surface area contributed by atoms with E-state index in [1.165, 1.54) is 0 Å². The fourth-order valence-electron chi connectivity index (χ4n) is 2.28. The molecule has 1 aliphatic heterocycles. The molecule has 1 aliphatic rings. The summed E-state index contributed by atoms with van der Waals surface area (Å²) in [5, 5.41) is 20.3. The summed E-state index contributed by atoms with van der Waals surface area (Å²) in [6.07, 6.45) is 3.35. The summed E-state index contributed by atoms with van der Waals surface area (Å²) >= 11 is 0. The zero-order chi connectivity index (χ0) is 12.4. The fraction of sp³-hybridized carbons (Fsp3) is 0.545. The Hall–Kier alpha value is -1.69. The van der Waals surface area contributed by atoms with Gasteiger partial charge in [0.05, 0.1) is 17.6 Å². The fourth-order valence-corrected chi connectivity index (χ4v) is 2.28. The molecule has 1 aromatic heterocycles. The van der Waals surface area contributed by atoms with Gasteiger partial charge in [0.2, 0.25) is 5.82 Å². The Morgan fingerprint density at radius 1 is 1.71 bits per heavy atom. The van der Waals surface area contributed by atoms with Crippen LogP contribution in [0.5, 0.6) is 0 Å². The van der Waals surface area contributed by atoms with Crippen LogP contribution in [0, 0.1) is 17.0 Å². The molecule has 6 heteroatoms. The van der Waals surface area contributed by atoms with Gasteiger partial charge in [-0.2, -0.15) is 0 Å². The van der Waals surface area contributed by atoms with E-state index in [1.807, 2.05) is 4.90 Å². The molecule has 0 aromatic carbocycles. The quantitative estimate of drug-likeness (QED) is 0.632. The summed E-state index contributed by atoms with van der Waals surface area (Å²) in [6, 6.07) is 1.58. The van der Waals surface area contributed by atoms with Crippen LogP contribution >= 0.6 is 0 Å². The molecule has 1 N–H and O–H groups in total. The molecule has 0 amide bonds. The van der Waals surface area contributed by atoms with Gasteiger partial charge in [0.1, 0.15) is 0 Å². The summed E-state index contributed by atoms with van der Waals surface area (Å²) in [5.74, 6) is 0.381. The lowest BCUT2D eigenvalue weighted by Crippen LogP contribution is -2.33. The monoisotopic (exact) mass is 237 g/mol. The number of hydrogen-bond acceptors (Lipinski definition) is 5. The van der Waals surface area contributed by atoms with Crippen molar-refractivity contribution >= 4 is 11.5 Å². The summed E-state index contributed by atoms with van der Waals surface area (Å²) in [7, 11) is 0. The first kappa shape index (κ1) is 11.8. The van der Waals surface area contributed by atoms with Crippen LogP contribution < -0.4 is 4.90 Å². The van der Waals surface area contributed by atoms with Gasteiger partial charge < -0.3 is 10.0 Å². The molecule has 6 nitrogen and oxygen atoms in total. The number of hydrogen-bond donors (Lipinski definition) is 1. The lowest BCUT2D eigenvalue weighted by atomic mass is 10.2. The number of aromatic nitrogens is 1. The van der Waals surface area contributed by atoms with Gasteiger partial charge in [0.25, 0.3) is 0 Å². The molecule has 1 atom stereocenters. The molecular formula is C11H15N3O3. The van der Waals surface area contributed by atoms with Gasteiger partial charge in [0.15, 0.2) is 0 Å². The average Bonchev–Trinajstić information content (AvgIpc) is 2.75. The van der Waals surface area contributed by atoms with Crippen LogP contribution in [0.4, 0.5) is 11.5 Å². The molecule has 1 aromatic rings. The molecule has 0 bridgehead atoms. The van der Waals surface area contributed by atoms with E-state index in [0.717, 1.165) is 12.8 Å². The normalized spacial score (nSPS) is 19.6. The molecule has 0 spiro atoms. The van der Waals surface area contributed by atoms with E-state index in [0.29, 0.717) is 17.9 Å². The topological polar surface area (TPSA) is 79.5 Å². The highest BCUT2D eigenvalue weighted by Gasteiger charge is 2.31. The number of nitro groups is 1. The van der Waals surface area contributed by atoms with Crippen LogP contribution in [-0.2, 0) is 0 Å². The third-order valence-electron chi connectivity index (χ3n) is 3.15. The van der Waals surface area contributed by atoms with Crippen LogP contribution in [-0.4, -0.2) is 34.2 Å². The Balaban J connectivity index is 2.44. The van der Waals surface area contributed by atoms with Crippen molar-refractivity contribution in [2.45, 2.75) is 25.8 Å². The predicted molar refractivity (Wildman–Crippen MR) is 63.1 cm³/mol. The highest BCUT2D eigenvalue weighted by Crippen LogP contribution is 2.33. The molecule has 1 fully saturated rings. The molecular weight excluding hydrogens is 222 g/mol. The average molecular weight is 237 g/mol. The maximum Gasteiger partial charge on any atom is 0.314 e. The van der Waals surface area contributed by atoms with E-state index >= 15 is 0 Å². The van der Waals surface area contributed by atoms with E-state index in [9.17, 15) is 15.2 Å². The smallest absolute Gasteiger partial charge is 0.314 e. The molecule has 92 valence electrons. The number of anilines is 1. The van der Waals surface area contributed by atoms with Crippen molar-refractivity contribution in [1.29, 1.82) is 0 Å². The lowest BCUT2D eigenvalue weighted by molar-refractivity contribution is -0.384. The Morgan fingerprint density at radius 3 is 3.12 bits per heavy atom. The molecule has 2 rings (SSSR count). The predicted octanol–water partition coefficient (Wildman–Crippen LogP) is 1.26. The SMILES string of the molecule is Cc1ccnc(N2CCCC2CO)c1[N+](=O)[O-]. The van der Waals surface area contributed by atoms with Crippen molar-refractivity contribution in [1.82, 2.24) is 4.98 Å². The number of aliphatic hydroxyl groups excluding tert-OH is 1. The van der Waals surface area contributed by atoms with Gasteiger partial charge in [-0.15, -0.1) is 0 Å². The van der Waals surface area contributed by atoms with E-state index in [4.69, 9.17) is 0 Å². The van der Waals surface area contributed by atoms with Crippen LogP contribution in [0.25, 0.3) is 0 Å². The minimum atomic E-state index is -0.398. The molecule has 1 saturated heterocycles. The number of nitrogens with zero attached hydrogens (tertiary/aromatic N) is 3. The van der Waals surface area contributed by atoms with Crippen molar-refractivity contribution < 1.29 is 10.0 Å². The summed E-state index contributed by atoms with van der Waals surface area (Å²) in [4.78, 5) is 16.6. The van der Waals surface area contributed by atoms with Crippen molar-refractivity contribution in [2.24, 2.45) is 0 Å². The second kappa shape index (κ2) is 4.67. The summed E-state index contributed by atoms with van der Waals surface area (Å²) in [6.45, 7) is 2.42. The zero-order valence-electron chi connectivity index (χ0n) is 9.67. The van der Waals surface area contributed by atoms with Crippen LogP contribution in [0.1, 0.15) is 18.4 Å². The third kappa shape index (κ3) is 2.08. The van der Waals surface area contributed by atoms with Crippen molar-refractivity contribution in [3.05, 3.63) is 27.9 Å². The van der Waals surface area contributed by atoms with E-state index in [-0.39, 0.29) is 18.3 Å². The highest BCUT2D eigenvalue weighted by molar-refractivity contribution is 5.62. The highest BCUT2D eigenvalue weighted by atomic mass is 16.6. The minimum Gasteiger partial charge on any atom is -0.394 e. The number of aliphatic hydroxyl groups is 1. The Morgan fingerprint density at radius 2 is 2.47 bits per heavy atom. The first-order valence-corrected chi connectivity index (χ1v) is 5.62. The molecule has 0 saturated carbocycles. The Labute approximate surface area is 99.0 Å². The van der Waals surface area contributed by atoms with E-state index in [1.54, 1.807) is 19.2 Å². The minimum absolute atomic E-state index is 0.00672. The van der Waals surface area contributed by atoms with E-state index in [2.05, 4.69) is 4.98 Å². The van der Waals surface area contributed by atoms with E-state index < -0.39 is 4.92 Å². The molecule has 0 aliphatic carbocycles. The Bertz CT molecular complexity index is 436. The van der Waals surface area contributed by atoms with Crippen LogP contribution in [0.3, 0.4) is 0 Å². The number of pyridine rings is 1. The molecule has 1 unspecified atom stereocenters. The van der Waals surface area contributed by atoms with Crippen LogP contribution in [0.2, 0.25) is 0 Å². The largest absolute Gasteiger partial charge is 0.394 e. The first-order valence-electron chi connectivity index (χ1n) is 5.62. The second-order valence-electron chi connectivity index (χ2n) is 4.23. The maximum absolute atomic E-state index is 11.1. The van der Waals surface area contributed by atoms with Crippen molar-refractivity contribution in [3.8, 4) is 0 Å². The Kier molecular flexibility index (Phi) is 3.23. The van der Waals surface area contributed by atoms with Gasteiger partial charge in [-0.3, -0.25) is 10.1 Å². The summed E-state index contributed by atoms with van der Waals surface area (Å²) in [5.41, 5.74) is 0.649. The third-order valence-corrected chi connectivity index (χ3v) is 3.15. The van der Waals surface area contributed by atoms with Gasteiger partial charge >= 0.3 is 5.69 Å². The van der Waals surface area contributed by atoms with Crippen molar-refractivity contribution in [2.75, 3.05) is 18.1 Å². The number of aryl methyl sites for hydroxylation is 1. The van der Waals surface area contributed by atoms with Gasteiger partial charge in [-0.1, -0.05) is 0 Å². The number of rotatable bonds is 3. The zero-order valence-corrected chi connectivity index (χ0v) is 9.67. The standard InChI is InChI=1S/C11H15N3O3/c1-8-4-5-12-11(10(8)14(16)17)13-6-2-3-9(13)7-15/h4-5,9,15H,2-3,6-7H2,1H3.